The molecule has 0 fully saturated rings. The summed E-state index contributed by atoms with van der Waals surface area (Å²) in [4.78, 5) is 22.7. The molecule has 5 rings (SSSR count). The van der Waals surface area contributed by atoms with Gasteiger partial charge in [0.2, 0.25) is 0 Å². The maximum Gasteiger partial charge on any atom is 0.268 e. The summed E-state index contributed by atoms with van der Waals surface area (Å²) in [6.45, 7) is 0.581. The van der Waals surface area contributed by atoms with Crippen LogP contribution in [0.25, 0.3) is 21.8 Å². The van der Waals surface area contributed by atoms with Crippen LogP contribution in [0, 0.1) is 0 Å². The average Bonchev–Trinajstić information content (AvgIpc) is 3.51. The normalized spacial score (nSPS) is 10.8. The zero-order valence-corrected chi connectivity index (χ0v) is 17.9. The number of hydrogen-bond acceptors (Lipinski definition) is 5. The van der Waals surface area contributed by atoms with E-state index in [9.17, 15) is 4.79 Å². The van der Waals surface area contributed by atoms with Crippen molar-refractivity contribution in [2.24, 2.45) is 0 Å². The van der Waals surface area contributed by atoms with Gasteiger partial charge in [0.05, 0.1) is 12.2 Å². The highest BCUT2D eigenvalue weighted by Crippen LogP contribution is 2.34. The third kappa shape index (κ3) is 4.33. The fourth-order valence-corrected chi connectivity index (χ4v) is 4.39. The van der Waals surface area contributed by atoms with E-state index in [0.717, 1.165) is 27.4 Å². The molecule has 0 saturated heterocycles. The predicted molar refractivity (Wildman–Crippen MR) is 127 cm³/mol. The van der Waals surface area contributed by atoms with E-state index in [1.54, 1.807) is 11.0 Å². The molecule has 0 spiro atoms. The molecule has 2 heterocycles. The van der Waals surface area contributed by atoms with E-state index in [1.165, 1.54) is 17.7 Å². The third-order valence-electron chi connectivity index (χ3n) is 4.90. The number of benzene rings is 3. The standard InChI is InChI=1S/C25H19N5OS/c31-24(28-21-13-7-8-18(14-21)15-30-17-26-16-27-30)23-22(19-9-3-1-4-10-19)29-25(32-23)20-11-5-2-6-12-20/h1-14,16-17H,15H2,(H,28,31). The van der Waals surface area contributed by atoms with E-state index in [1.807, 2.05) is 84.9 Å². The molecule has 0 aliphatic rings. The number of nitrogens with zero attached hydrogens (tertiary/aromatic N) is 4. The van der Waals surface area contributed by atoms with Crippen LogP contribution in [0.3, 0.4) is 0 Å². The van der Waals surface area contributed by atoms with Crippen LogP contribution in [0.1, 0.15) is 15.2 Å². The molecule has 5 aromatic rings. The van der Waals surface area contributed by atoms with Crippen LogP contribution in [0.15, 0.2) is 97.6 Å². The Morgan fingerprint density at radius 1 is 0.906 bits per heavy atom. The van der Waals surface area contributed by atoms with Crippen LogP contribution >= 0.6 is 11.3 Å². The largest absolute Gasteiger partial charge is 0.321 e. The fraction of sp³-hybridized carbons (Fsp3) is 0.0400. The van der Waals surface area contributed by atoms with Crippen LogP contribution in [0.5, 0.6) is 0 Å². The Morgan fingerprint density at radius 2 is 1.66 bits per heavy atom. The zero-order valence-electron chi connectivity index (χ0n) is 17.1. The Hall–Kier alpha value is -4.10. The highest BCUT2D eigenvalue weighted by Gasteiger charge is 2.20. The molecule has 0 bridgehead atoms. The van der Waals surface area contributed by atoms with Crippen LogP contribution in [-0.4, -0.2) is 25.7 Å². The number of carbonyl (C=O) groups excluding carboxylic acids is 1. The van der Waals surface area contributed by atoms with Gasteiger partial charge in [-0.2, -0.15) is 5.10 Å². The van der Waals surface area contributed by atoms with E-state index < -0.39 is 0 Å². The molecule has 7 heteroatoms. The summed E-state index contributed by atoms with van der Waals surface area (Å²) < 4.78 is 1.74. The highest BCUT2D eigenvalue weighted by atomic mass is 32.1. The van der Waals surface area contributed by atoms with E-state index in [2.05, 4.69) is 15.4 Å². The summed E-state index contributed by atoms with van der Waals surface area (Å²) in [6.07, 6.45) is 3.17. The maximum absolute atomic E-state index is 13.3. The maximum atomic E-state index is 13.3. The van der Waals surface area contributed by atoms with Crippen molar-refractivity contribution in [2.75, 3.05) is 5.32 Å². The molecule has 0 aliphatic heterocycles. The fourth-order valence-electron chi connectivity index (χ4n) is 3.41. The van der Waals surface area contributed by atoms with Crippen molar-refractivity contribution in [3.8, 4) is 21.8 Å². The number of carbonyl (C=O) groups is 1. The molecule has 0 atom stereocenters. The highest BCUT2D eigenvalue weighted by molar-refractivity contribution is 7.17. The van der Waals surface area contributed by atoms with Gasteiger partial charge in [0.1, 0.15) is 22.5 Å². The summed E-state index contributed by atoms with van der Waals surface area (Å²) in [5.74, 6) is -0.179. The second-order valence-corrected chi connectivity index (χ2v) is 8.18. The Bertz CT molecular complexity index is 1330. The van der Waals surface area contributed by atoms with Crippen LogP contribution in [0.4, 0.5) is 5.69 Å². The molecule has 6 nitrogen and oxygen atoms in total. The van der Waals surface area contributed by atoms with Crippen molar-refractivity contribution in [3.05, 3.63) is 108 Å². The van der Waals surface area contributed by atoms with Crippen LogP contribution in [0.2, 0.25) is 0 Å². The Kier molecular flexibility index (Phi) is 5.55. The van der Waals surface area contributed by atoms with Crippen LogP contribution in [-0.2, 0) is 6.54 Å². The topological polar surface area (TPSA) is 72.7 Å². The Balaban J connectivity index is 1.46. The first-order valence-electron chi connectivity index (χ1n) is 10.1. The van der Waals surface area contributed by atoms with Crippen LogP contribution < -0.4 is 5.32 Å². The number of nitrogens with one attached hydrogen (secondary N) is 1. The second-order valence-electron chi connectivity index (χ2n) is 7.18. The smallest absolute Gasteiger partial charge is 0.268 e. The quantitative estimate of drug-likeness (QED) is 0.388. The average molecular weight is 438 g/mol. The lowest BCUT2D eigenvalue weighted by atomic mass is 10.1. The first kappa shape index (κ1) is 19.8. The molecule has 1 N–H and O–H groups in total. The first-order chi connectivity index (χ1) is 15.8. The molecule has 0 saturated carbocycles. The van der Waals surface area contributed by atoms with E-state index in [0.29, 0.717) is 17.1 Å². The summed E-state index contributed by atoms with van der Waals surface area (Å²) in [6, 6.07) is 27.4. The first-order valence-corrected chi connectivity index (χ1v) is 10.9. The van der Waals surface area contributed by atoms with Crippen molar-refractivity contribution in [3.63, 3.8) is 0 Å². The number of aromatic nitrogens is 4. The Morgan fingerprint density at radius 3 is 2.38 bits per heavy atom. The summed E-state index contributed by atoms with van der Waals surface area (Å²) in [7, 11) is 0. The van der Waals surface area contributed by atoms with Gasteiger partial charge in [-0.1, -0.05) is 72.8 Å². The van der Waals surface area contributed by atoms with Crippen molar-refractivity contribution in [1.82, 2.24) is 19.7 Å². The molecule has 0 unspecified atom stereocenters. The number of thiazole rings is 1. The van der Waals surface area contributed by atoms with Gasteiger partial charge in [-0.3, -0.25) is 4.79 Å². The monoisotopic (exact) mass is 437 g/mol. The van der Waals surface area contributed by atoms with Gasteiger partial charge < -0.3 is 5.32 Å². The lowest BCUT2D eigenvalue weighted by Crippen LogP contribution is -2.12. The minimum atomic E-state index is -0.179. The number of hydrogen-bond donors (Lipinski definition) is 1. The molecule has 0 radical (unpaired) electrons. The zero-order chi connectivity index (χ0) is 21.8. The van der Waals surface area contributed by atoms with Gasteiger partial charge >= 0.3 is 0 Å². The van der Waals surface area contributed by atoms with Crippen molar-refractivity contribution in [2.45, 2.75) is 6.54 Å². The molecule has 32 heavy (non-hydrogen) atoms. The summed E-state index contributed by atoms with van der Waals surface area (Å²) in [5.41, 5.74) is 4.33. The molecule has 156 valence electrons. The molecule has 0 aliphatic carbocycles. The second kappa shape index (κ2) is 8.95. The molecule has 2 aromatic heterocycles. The Labute approximate surface area is 189 Å². The van der Waals surface area contributed by atoms with Gasteiger partial charge in [-0.25, -0.2) is 14.6 Å². The molecule has 3 aromatic carbocycles. The minimum absolute atomic E-state index is 0.179. The lowest BCUT2D eigenvalue weighted by molar-refractivity contribution is 0.103. The van der Waals surface area contributed by atoms with E-state index >= 15 is 0 Å². The third-order valence-corrected chi connectivity index (χ3v) is 6.00. The molecular formula is C25H19N5OS. The lowest BCUT2D eigenvalue weighted by Gasteiger charge is -2.08. The number of anilines is 1. The number of rotatable bonds is 6. The van der Waals surface area contributed by atoms with Crippen molar-refractivity contribution < 1.29 is 4.79 Å². The van der Waals surface area contributed by atoms with Gasteiger partial charge in [0, 0.05) is 16.8 Å². The summed E-state index contributed by atoms with van der Waals surface area (Å²) >= 11 is 1.40. The van der Waals surface area contributed by atoms with Gasteiger partial charge in [-0.05, 0) is 17.7 Å². The predicted octanol–water partition coefficient (Wildman–Crippen LogP) is 5.37. The van der Waals surface area contributed by atoms with E-state index in [-0.39, 0.29) is 5.91 Å². The SMILES string of the molecule is O=C(Nc1cccc(Cn2cncn2)c1)c1sc(-c2ccccc2)nc1-c1ccccc1. The van der Waals surface area contributed by atoms with E-state index in [4.69, 9.17) is 4.98 Å². The summed E-state index contributed by atoms with van der Waals surface area (Å²) in [5, 5.41) is 7.99. The van der Waals surface area contributed by atoms with Crippen molar-refractivity contribution in [1.29, 1.82) is 0 Å². The molecular weight excluding hydrogens is 418 g/mol. The van der Waals surface area contributed by atoms with Gasteiger partial charge in [-0.15, -0.1) is 11.3 Å². The minimum Gasteiger partial charge on any atom is -0.321 e. The van der Waals surface area contributed by atoms with Gasteiger partial charge in [0.15, 0.2) is 0 Å². The number of amides is 1. The van der Waals surface area contributed by atoms with Crippen molar-refractivity contribution >= 4 is 22.9 Å². The molecule has 1 amide bonds. The van der Waals surface area contributed by atoms with Gasteiger partial charge in [0.25, 0.3) is 5.91 Å².